The van der Waals surface area contributed by atoms with E-state index in [2.05, 4.69) is 9.71 Å². The zero-order valence-electron chi connectivity index (χ0n) is 10.1. The normalized spacial score (nSPS) is 11.3. The van der Waals surface area contributed by atoms with Crippen molar-refractivity contribution in [1.29, 1.82) is 0 Å². The second-order valence-corrected chi connectivity index (χ2v) is 6.63. The Morgan fingerprint density at radius 3 is 2.45 bits per heavy atom. The van der Waals surface area contributed by atoms with Crippen LogP contribution in [-0.4, -0.2) is 30.7 Å². The average Bonchev–Trinajstić information content (AvgIpc) is 2.71. The number of thiazole rings is 1. The molecule has 2 rings (SSSR count). The molecule has 2 aromatic rings. The van der Waals surface area contributed by atoms with Crippen LogP contribution in [0, 0.1) is 5.82 Å². The van der Waals surface area contributed by atoms with Gasteiger partial charge in [0.1, 0.15) is 5.82 Å². The fraction of sp³-hybridized carbons (Fsp3) is 0.0909. The molecule has 0 saturated heterocycles. The molecule has 106 valence electrons. The number of carbonyl (C=O) groups is 1. The van der Waals surface area contributed by atoms with Gasteiger partial charge in [-0.1, -0.05) is 23.5 Å². The van der Waals surface area contributed by atoms with Crippen molar-refractivity contribution in [3.8, 4) is 10.4 Å². The second kappa shape index (κ2) is 5.17. The van der Waals surface area contributed by atoms with Crippen molar-refractivity contribution >= 4 is 32.5 Å². The minimum Gasteiger partial charge on any atom is -0.476 e. The zero-order valence-corrected chi connectivity index (χ0v) is 11.8. The van der Waals surface area contributed by atoms with Crippen LogP contribution in [0.1, 0.15) is 10.5 Å². The molecule has 6 nitrogen and oxygen atoms in total. The van der Waals surface area contributed by atoms with Gasteiger partial charge in [0.25, 0.3) is 0 Å². The molecular formula is C11H9FN2O4S2. The first-order valence-electron chi connectivity index (χ1n) is 5.24. The Kier molecular flexibility index (Phi) is 3.73. The van der Waals surface area contributed by atoms with Gasteiger partial charge in [0, 0.05) is 0 Å². The smallest absolute Gasteiger partial charge is 0.356 e. The summed E-state index contributed by atoms with van der Waals surface area (Å²) in [6.07, 6.45) is 0.937. The number of hydrogen-bond donors (Lipinski definition) is 2. The summed E-state index contributed by atoms with van der Waals surface area (Å²) in [5.41, 5.74) is 0.163. The summed E-state index contributed by atoms with van der Waals surface area (Å²) in [6.45, 7) is 0. The molecule has 0 spiro atoms. The molecule has 1 aromatic heterocycles. The number of aromatic nitrogens is 1. The van der Waals surface area contributed by atoms with Crippen LogP contribution in [0.3, 0.4) is 0 Å². The highest BCUT2D eigenvalue weighted by Gasteiger charge is 2.20. The quantitative estimate of drug-likeness (QED) is 0.899. The number of carboxylic acids is 1. The van der Waals surface area contributed by atoms with Crippen molar-refractivity contribution in [1.82, 2.24) is 4.98 Å². The van der Waals surface area contributed by atoms with Gasteiger partial charge < -0.3 is 5.11 Å². The Morgan fingerprint density at radius 2 is 1.95 bits per heavy atom. The van der Waals surface area contributed by atoms with E-state index in [0.717, 1.165) is 17.6 Å². The standard InChI is InChI=1S/C11H9FN2O4S2/c1-20(17,18)14-11-13-8(10(15)16)9(19-11)6-2-4-7(12)5-3-6/h2-5H,1H3,(H,13,14)(H,15,16). The molecule has 0 bridgehead atoms. The topological polar surface area (TPSA) is 96.4 Å². The number of sulfonamides is 1. The van der Waals surface area contributed by atoms with Crippen LogP contribution in [-0.2, 0) is 10.0 Å². The number of nitrogens with zero attached hydrogens (tertiary/aromatic N) is 1. The van der Waals surface area contributed by atoms with Crippen molar-refractivity contribution in [2.75, 3.05) is 11.0 Å². The molecule has 2 N–H and O–H groups in total. The molecule has 0 aliphatic rings. The number of benzene rings is 1. The molecule has 1 heterocycles. The predicted octanol–water partition coefficient (Wildman–Crippen LogP) is 2.02. The van der Waals surface area contributed by atoms with Crippen molar-refractivity contribution in [2.24, 2.45) is 0 Å². The van der Waals surface area contributed by atoms with Crippen molar-refractivity contribution in [3.05, 3.63) is 35.8 Å². The van der Waals surface area contributed by atoms with Crippen LogP contribution < -0.4 is 4.72 Å². The third kappa shape index (κ3) is 3.31. The van der Waals surface area contributed by atoms with Crippen LogP contribution >= 0.6 is 11.3 Å². The Labute approximate surface area is 118 Å². The predicted molar refractivity (Wildman–Crippen MR) is 72.9 cm³/mol. The summed E-state index contributed by atoms with van der Waals surface area (Å²) in [5.74, 6) is -1.74. The van der Waals surface area contributed by atoms with Gasteiger partial charge in [0.05, 0.1) is 11.1 Å². The molecule has 1 aromatic carbocycles. The summed E-state index contributed by atoms with van der Waals surface area (Å²) < 4.78 is 37.3. The Hall–Kier alpha value is -2.00. The lowest BCUT2D eigenvalue weighted by molar-refractivity contribution is 0.0692. The van der Waals surface area contributed by atoms with Crippen molar-refractivity contribution in [2.45, 2.75) is 0 Å². The number of carboxylic acid groups (broad SMARTS) is 1. The third-order valence-corrected chi connectivity index (χ3v) is 3.92. The lowest BCUT2D eigenvalue weighted by Crippen LogP contribution is -2.09. The Bertz CT molecular complexity index is 753. The van der Waals surface area contributed by atoms with E-state index < -0.39 is 21.8 Å². The lowest BCUT2D eigenvalue weighted by atomic mass is 10.1. The van der Waals surface area contributed by atoms with Gasteiger partial charge in [0.15, 0.2) is 10.8 Å². The Morgan fingerprint density at radius 1 is 1.35 bits per heavy atom. The van der Waals surface area contributed by atoms with Crippen molar-refractivity contribution < 1.29 is 22.7 Å². The maximum atomic E-state index is 12.9. The van der Waals surface area contributed by atoms with Crippen LogP contribution in [0.25, 0.3) is 10.4 Å². The molecule has 9 heteroatoms. The SMILES string of the molecule is CS(=O)(=O)Nc1nc(C(=O)O)c(-c2ccc(F)cc2)s1. The molecule has 20 heavy (non-hydrogen) atoms. The van der Waals surface area contributed by atoms with Gasteiger partial charge in [-0.2, -0.15) is 0 Å². The molecule has 0 aliphatic carbocycles. The molecule has 0 saturated carbocycles. The number of anilines is 1. The highest BCUT2D eigenvalue weighted by molar-refractivity contribution is 7.92. The summed E-state index contributed by atoms with van der Waals surface area (Å²) in [7, 11) is -3.55. The van der Waals surface area contributed by atoms with E-state index in [-0.39, 0.29) is 15.7 Å². The number of rotatable bonds is 4. The van der Waals surface area contributed by atoms with E-state index in [4.69, 9.17) is 5.11 Å². The molecule has 0 amide bonds. The number of aromatic carboxylic acids is 1. The molecule has 0 unspecified atom stereocenters. The van der Waals surface area contributed by atoms with E-state index in [9.17, 15) is 17.6 Å². The molecule has 0 atom stereocenters. The second-order valence-electron chi connectivity index (χ2n) is 3.88. The van der Waals surface area contributed by atoms with Crippen LogP contribution in [0.15, 0.2) is 24.3 Å². The fourth-order valence-electron chi connectivity index (χ4n) is 1.46. The third-order valence-electron chi connectivity index (χ3n) is 2.21. The minimum atomic E-state index is -3.55. The summed E-state index contributed by atoms with van der Waals surface area (Å²) in [5, 5.41) is 9.03. The van der Waals surface area contributed by atoms with Crippen LogP contribution in [0.5, 0.6) is 0 Å². The summed E-state index contributed by atoms with van der Waals surface area (Å²) >= 11 is 0.869. The first-order valence-corrected chi connectivity index (χ1v) is 7.95. The molecule has 0 radical (unpaired) electrons. The number of nitrogens with one attached hydrogen (secondary N) is 1. The van der Waals surface area contributed by atoms with E-state index in [1.54, 1.807) is 0 Å². The van der Waals surface area contributed by atoms with E-state index in [1.807, 2.05) is 0 Å². The van der Waals surface area contributed by atoms with Gasteiger partial charge in [-0.25, -0.2) is 22.6 Å². The molecule has 0 fully saturated rings. The van der Waals surface area contributed by atoms with Gasteiger partial charge in [0.2, 0.25) is 10.0 Å². The highest BCUT2D eigenvalue weighted by Crippen LogP contribution is 2.33. The van der Waals surface area contributed by atoms with E-state index in [0.29, 0.717) is 5.56 Å². The average molecular weight is 316 g/mol. The van der Waals surface area contributed by atoms with E-state index >= 15 is 0 Å². The van der Waals surface area contributed by atoms with Gasteiger partial charge >= 0.3 is 5.97 Å². The van der Waals surface area contributed by atoms with E-state index in [1.165, 1.54) is 24.3 Å². The summed E-state index contributed by atoms with van der Waals surface area (Å²) in [6, 6.07) is 5.17. The summed E-state index contributed by atoms with van der Waals surface area (Å²) in [4.78, 5) is 15.1. The molecule has 0 aliphatic heterocycles. The monoisotopic (exact) mass is 316 g/mol. The minimum absolute atomic E-state index is 0.0516. The lowest BCUT2D eigenvalue weighted by Gasteiger charge is -1.98. The van der Waals surface area contributed by atoms with Gasteiger partial charge in [-0.3, -0.25) is 4.72 Å². The van der Waals surface area contributed by atoms with Gasteiger partial charge in [-0.05, 0) is 17.7 Å². The van der Waals surface area contributed by atoms with Crippen molar-refractivity contribution in [3.63, 3.8) is 0 Å². The number of halogens is 1. The van der Waals surface area contributed by atoms with Gasteiger partial charge in [-0.15, -0.1) is 0 Å². The Balaban J connectivity index is 2.51. The molecular weight excluding hydrogens is 307 g/mol. The number of hydrogen-bond acceptors (Lipinski definition) is 5. The highest BCUT2D eigenvalue weighted by atomic mass is 32.2. The first-order chi connectivity index (χ1) is 9.26. The zero-order chi connectivity index (χ0) is 14.9. The van der Waals surface area contributed by atoms with Crippen LogP contribution in [0.4, 0.5) is 9.52 Å². The van der Waals surface area contributed by atoms with Crippen LogP contribution in [0.2, 0.25) is 0 Å². The first kappa shape index (κ1) is 14.4. The fourth-order valence-corrected chi connectivity index (χ4v) is 3.26. The maximum absolute atomic E-state index is 12.9. The largest absolute Gasteiger partial charge is 0.476 e. The maximum Gasteiger partial charge on any atom is 0.356 e.